The number of primary amides is 1. The quantitative estimate of drug-likeness (QED) is 0.281. The van der Waals surface area contributed by atoms with Crippen molar-refractivity contribution in [2.45, 2.75) is 121 Å². The molecule has 10 nitrogen and oxygen atoms in total. The minimum atomic E-state index is -1.12. The van der Waals surface area contributed by atoms with E-state index in [4.69, 9.17) is 33.7 Å². The molecular weight excluding hydrogens is 571 g/mol. The number of nitrogens with two attached hydrogens (primary N) is 1. The number of halogens is 2. The lowest BCUT2D eigenvalue weighted by Crippen LogP contribution is -2.59. The van der Waals surface area contributed by atoms with E-state index >= 15 is 0 Å². The molecule has 2 spiro atoms. The number of ketones is 1. The molecule has 1 saturated heterocycles. The summed E-state index contributed by atoms with van der Waals surface area (Å²) in [5.41, 5.74) is 2.69. The van der Waals surface area contributed by atoms with Crippen LogP contribution in [0.3, 0.4) is 0 Å². The van der Waals surface area contributed by atoms with Crippen molar-refractivity contribution in [2.24, 2.45) is 27.9 Å². The van der Waals surface area contributed by atoms with Gasteiger partial charge in [-0.05, 0) is 57.8 Å². The number of nitrogens with zero attached hydrogens (tertiary/aromatic N) is 1. The summed E-state index contributed by atoms with van der Waals surface area (Å²) in [6.45, 7) is 10.7. The lowest BCUT2D eigenvalue weighted by Gasteiger charge is -2.36. The first-order valence-electron chi connectivity index (χ1n) is 14.6. The van der Waals surface area contributed by atoms with Gasteiger partial charge in [0.15, 0.2) is 0 Å². The topological polar surface area (TPSA) is 148 Å². The van der Waals surface area contributed by atoms with Crippen molar-refractivity contribution in [3.63, 3.8) is 0 Å². The van der Waals surface area contributed by atoms with Gasteiger partial charge < -0.3 is 26.0 Å². The van der Waals surface area contributed by atoms with Gasteiger partial charge in [0.1, 0.15) is 22.0 Å². The van der Waals surface area contributed by atoms with Crippen molar-refractivity contribution in [3.05, 3.63) is 0 Å². The molecule has 4 N–H and O–H groups in total. The average molecular weight is 616 g/mol. The lowest BCUT2D eigenvalue weighted by molar-refractivity contribution is -0.143. The molecule has 230 valence electrons. The van der Waals surface area contributed by atoms with Gasteiger partial charge in [0.2, 0.25) is 17.6 Å². The molecule has 4 unspecified atom stereocenters. The number of alkyl carbamates (subject to hydrolysis) is 1. The highest BCUT2D eigenvalue weighted by atomic mass is 35.5. The molecule has 0 aromatic heterocycles. The van der Waals surface area contributed by atoms with Crippen molar-refractivity contribution < 1.29 is 28.7 Å². The number of ether oxygens (including phenoxy) is 1. The maximum atomic E-state index is 14.3. The Morgan fingerprint density at radius 1 is 0.976 bits per heavy atom. The summed E-state index contributed by atoms with van der Waals surface area (Å²) < 4.78 is 4.31. The number of hydrogen-bond acceptors (Lipinski definition) is 6. The maximum Gasteiger partial charge on any atom is 0.408 e. The van der Waals surface area contributed by atoms with Crippen molar-refractivity contribution >= 4 is 52.8 Å². The number of carbonyl (C=O) groups excluding carboxylic acids is 5. The van der Waals surface area contributed by atoms with Gasteiger partial charge in [-0.1, -0.05) is 46.5 Å². The fourth-order valence-electron chi connectivity index (χ4n) is 6.98. The fourth-order valence-corrected chi connectivity index (χ4v) is 8.26. The largest absolute Gasteiger partial charge is 0.444 e. The van der Waals surface area contributed by atoms with Crippen LogP contribution in [-0.4, -0.2) is 69.1 Å². The molecule has 1 aliphatic heterocycles. The Hall–Kier alpha value is -2.07. The summed E-state index contributed by atoms with van der Waals surface area (Å²) in [6.07, 6.45) is 5.14. The fraction of sp³-hybridized carbons (Fsp3) is 0.828. The third-order valence-electron chi connectivity index (χ3n) is 9.65. The third-order valence-corrected chi connectivity index (χ3v) is 11.1. The van der Waals surface area contributed by atoms with Crippen LogP contribution in [0, 0.1) is 22.2 Å². The number of rotatable bonds is 8. The Balaban J connectivity index is 1.63. The highest BCUT2D eigenvalue weighted by Crippen LogP contribution is 2.87. The van der Waals surface area contributed by atoms with Gasteiger partial charge in [0, 0.05) is 17.4 Å². The van der Waals surface area contributed by atoms with Gasteiger partial charge in [-0.25, -0.2) is 4.79 Å². The van der Waals surface area contributed by atoms with Gasteiger partial charge in [0.05, 0.1) is 6.04 Å². The molecular formula is C29H44Cl2N4O6. The Kier molecular flexibility index (Phi) is 8.22. The number of alkyl halides is 2. The lowest BCUT2D eigenvalue weighted by atomic mass is 9.74. The molecule has 3 aliphatic carbocycles. The van der Waals surface area contributed by atoms with Gasteiger partial charge in [-0.2, -0.15) is 0 Å². The number of Topliss-reactive ketones (excluding diaryl/α,β-unsaturated/α-hetero) is 1. The van der Waals surface area contributed by atoms with Crippen LogP contribution in [0.2, 0.25) is 0 Å². The zero-order valence-electron chi connectivity index (χ0n) is 24.9. The Bertz CT molecular complexity index is 1120. The number of fused-ring (bicyclic) bond motifs is 1. The molecule has 0 radical (unpaired) electrons. The van der Waals surface area contributed by atoms with E-state index < -0.39 is 73.9 Å². The standard InChI is InChI=1S/C29H44Cl2N4O6/c1-25(2,3)20(34-24(40)41-26(4,5)6)23(39)35-15-28(27(11-8-12-27)29(28,30)31)14-18(35)22(38)33-17(19(36)21(32)37)13-16-9-7-10-16/h16-18,20H,7-15H2,1-6H3,(H2,32,37)(H,33,38)(H,34,40). The van der Waals surface area contributed by atoms with E-state index in [1.807, 2.05) is 20.8 Å². The maximum absolute atomic E-state index is 14.3. The van der Waals surface area contributed by atoms with Gasteiger partial charge in [0.25, 0.3) is 5.91 Å². The predicted molar refractivity (Wildman–Crippen MR) is 154 cm³/mol. The summed E-state index contributed by atoms with van der Waals surface area (Å²) >= 11 is 13.8. The van der Waals surface area contributed by atoms with Crippen LogP contribution in [-0.2, 0) is 23.9 Å². The zero-order chi connectivity index (χ0) is 30.8. The molecule has 12 heteroatoms. The molecule has 4 atom stereocenters. The monoisotopic (exact) mass is 614 g/mol. The molecule has 41 heavy (non-hydrogen) atoms. The van der Waals surface area contributed by atoms with Crippen molar-refractivity contribution in [1.82, 2.24) is 15.5 Å². The highest BCUT2D eigenvalue weighted by Gasteiger charge is 2.89. The first-order chi connectivity index (χ1) is 18.8. The summed E-state index contributed by atoms with van der Waals surface area (Å²) in [4.78, 5) is 66.9. The van der Waals surface area contributed by atoms with Crippen LogP contribution in [0.4, 0.5) is 4.79 Å². The first-order valence-corrected chi connectivity index (χ1v) is 15.3. The Morgan fingerprint density at radius 2 is 1.59 bits per heavy atom. The van der Waals surface area contributed by atoms with Gasteiger partial charge >= 0.3 is 6.09 Å². The van der Waals surface area contributed by atoms with Crippen molar-refractivity contribution in [3.8, 4) is 0 Å². The average Bonchev–Trinajstić information content (AvgIpc) is 3.01. The summed E-state index contributed by atoms with van der Waals surface area (Å²) in [5.74, 6) is -2.80. The van der Waals surface area contributed by atoms with E-state index in [9.17, 15) is 24.0 Å². The van der Waals surface area contributed by atoms with E-state index in [2.05, 4.69) is 10.6 Å². The van der Waals surface area contributed by atoms with Gasteiger partial charge in [-0.15, -0.1) is 23.2 Å². The number of nitrogens with one attached hydrogen (secondary N) is 2. The van der Waals surface area contributed by atoms with Gasteiger partial charge in [-0.3, -0.25) is 19.2 Å². The number of likely N-dealkylation sites (tertiary alicyclic amines) is 1. The van der Waals surface area contributed by atoms with E-state index in [-0.39, 0.29) is 18.9 Å². The van der Waals surface area contributed by atoms with Crippen molar-refractivity contribution in [1.29, 1.82) is 0 Å². The highest BCUT2D eigenvalue weighted by molar-refractivity contribution is 6.52. The Morgan fingerprint density at radius 3 is 2.00 bits per heavy atom. The molecule has 1 heterocycles. The second-order valence-electron chi connectivity index (χ2n) is 14.5. The molecule has 4 fully saturated rings. The SMILES string of the molecule is CC(C)(C)OC(=O)NC(C(=O)N1CC2(CC1C(=O)NC(CC1CCC1)C(=O)C(N)=O)C(Cl)(Cl)C21CCC1)C(C)(C)C. The smallest absolute Gasteiger partial charge is 0.408 e. The second-order valence-corrected chi connectivity index (χ2v) is 15.9. The summed E-state index contributed by atoms with van der Waals surface area (Å²) in [5, 5.41) is 5.47. The number of amides is 4. The zero-order valence-corrected chi connectivity index (χ0v) is 26.4. The molecule has 0 bridgehead atoms. The normalized spacial score (nSPS) is 27.8. The summed E-state index contributed by atoms with van der Waals surface area (Å²) in [7, 11) is 0. The van der Waals surface area contributed by atoms with E-state index in [0.29, 0.717) is 6.42 Å². The number of hydrogen-bond donors (Lipinski definition) is 3. The van der Waals surface area contributed by atoms with Crippen LogP contribution in [0.5, 0.6) is 0 Å². The second kappa shape index (κ2) is 10.6. The first kappa shape index (κ1) is 31.9. The summed E-state index contributed by atoms with van der Waals surface area (Å²) in [6, 6.07) is -3.11. The van der Waals surface area contributed by atoms with E-state index in [1.54, 1.807) is 20.8 Å². The molecule has 3 saturated carbocycles. The molecule has 4 aliphatic rings. The third kappa shape index (κ3) is 5.55. The van der Waals surface area contributed by atoms with E-state index in [1.165, 1.54) is 4.90 Å². The van der Waals surface area contributed by atoms with E-state index in [0.717, 1.165) is 38.5 Å². The van der Waals surface area contributed by atoms with Crippen LogP contribution in [0.15, 0.2) is 0 Å². The van der Waals surface area contributed by atoms with Crippen LogP contribution >= 0.6 is 23.2 Å². The van der Waals surface area contributed by atoms with Crippen LogP contribution in [0.1, 0.15) is 92.9 Å². The minimum Gasteiger partial charge on any atom is -0.444 e. The van der Waals surface area contributed by atoms with Crippen molar-refractivity contribution in [2.75, 3.05) is 6.54 Å². The molecule has 0 aromatic carbocycles. The van der Waals surface area contributed by atoms with Crippen LogP contribution in [0.25, 0.3) is 0 Å². The minimum absolute atomic E-state index is 0.135. The molecule has 0 aromatic rings. The number of carbonyl (C=O) groups is 5. The Labute approximate surface area is 252 Å². The molecule has 4 rings (SSSR count). The molecule has 4 amide bonds. The predicted octanol–water partition coefficient (Wildman–Crippen LogP) is 3.60. The van der Waals surface area contributed by atoms with Crippen LogP contribution < -0.4 is 16.4 Å².